The number of ether oxygens (including phenoxy) is 2. The van der Waals surface area contributed by atoms with Crippen LogP contribution in [0.1, 0.15) is 37.8 Å². The monoisotopic (exact) mass is 541 g/mol. The smallest absolute Gasteiger partial charge is 0.310 e. The number of amides is 2. The molecule has 10 heteroatoms. The molecule has 4 fully saturated rings. The summed E-state index contributed by atoms with van der Waals surface area (Å²) in [6.07, 6.45) is 2.97. The Morgan fingerprint density at radius 3 is 2.56 bits per heavy atom. The minimum Gasteiger partial charge on any atom is -0.481 e. The molecule has 1 aromatic carbocycles. The van der Waals surface area contributed by atoms with E-state index in [1.807, 2.05) is 37.3 Å². The average molecular weight is 542 g/mol. The highest BCUT2D eigenvalue weighted by Crippen LogP contribution is 2.65. The first kappa shape index (κ1) is 27.8. The summed E-state index contributed by atoms with van der Waals surface area (Å²) < 4.78 is 12.1. The lowest BCUT2D eigenvalue weighted by atomic mass is 9.65. The summed E-state index contributed by atoms with van der Waals surface area (Å²) in [5.41, 5.74) is -1.58. The molecule has 4 aliphatic heterocycles. The van der Waals surface area contributed by atoms with Gasteiger partial charge in [-0.15, -0.1) is 6.58 Å². The van der Waals surface area contributed by atoms with E-state index in [4.69, 9.17) is 9.47 Å². The molecule has 0 aliphatic carbocycles. The van der Waals surface area contributed by atoms with Gasteiger partial charge >= 0.3 is 5.97 Å². The molecular formula is C29H39N3O7. The Morgan fingerprint density at radius 1 is 1.23 bits per heavy atom. The molecule has 4 saturated heterocycles. The van der Waals surface area contributed by atoms with Crippen LogP contribution in [0.3, 0.4) is 0 Å². The molecule has 0 saturated carbocycles. The number of fused-ring (bicyclic) bond motifs is 1. The van der Waals surface area contributed by atoms with Gasteiger partial charge in [-0.25, -0.2) is 0 Å². The first-order valence-corrected chi connectivity index (χ1v) is 13.9. The maximum absolute atomic E-state index is 14.5. The molecule has 0 aromatic heterocycles. The fraction of sp³-hybridized carbons (Fsp3) is 0.621. The Balaban J connectivity index is 1.55. The zero-order valence-electron chi connectivity index (χ0n) is 22.5. The standard InChI is InChI=1S/C29H39N3O7/c1-3-12-31(14-13-30-15-17-38-18-16-30)26(35)24-29-11-10-28(4-2,39-29)23(27(36)37)22(29)25(34)32(24)21(19-33)20-8-6-5-7-9-20/h3,5-9,21-24,33H,1,4,10-19H2,2H3,(H,36,37)/t21-,22+,23-,24?,28+,29?/m1/s1. The quantitative estimate of drug-likeness (QED) is 0.403. The Hall–Kier alpha value is -2.79. The van der Waals surface area contributed by atoms with E-state index in [0.717, 1.165) is 13.1 Å². The number of hydrogen-bond acceptors (Lipinski definition) is 7. The highest BCUT2D eigenvalue weighted by molar-refractivity contribution is 5.98. The summed E-state index contributed by atoms with van der Waals surface area (Å²) in [4.78, 5) is 46.8. The first-order chi connectivity index (χ1) is 18.8. The largest absolute Gasteiger partial charge is 0.481 e. The van der Waals surface area contributed by atoms with Crippen molar-refractivity contribution < 1.29 is 34.1 Å². The van der Waals surface area contributed by atoms with Crippen LogP contribution >= 0.6 is 0 Å². The minimum atomic E-state index is -1.27. The third-order valence-corrected chi connectivity index (χ3v) is 9.26. The van der Waals surface area contributed by atoms with E-state index in [-0.39, 0.29) is 12.5 Å². The van der Waals surface area contributed by atoms with Gasteiger partial charge in [0, 0.05) is 32.7 Å². The number of aliphatic hydroxyl groups excluding tert-OH is 1. The van der Waals surface area contributed by atoms with Gasteiger partial charge in [0.1, 0.15) is 17.6 Å². The Bertz CT molecular complexity index is 1090. The number of carbonyl (C=O) groups is 3. The Morgan fingerprint density at radius 2 is 1.95 bits per heavy atom. The number of nitrogens with zero attached hydrogens (tertiary/aromatic N) is 3. The van der Waals surface area contributed by atoms with Crippen LogP contribution in [0.5, 0.6) is 0 Å². The summed E-state index contributed by atoms with van der Waals surface area (Å²) in [5.74, 6) is -3.88. The number of carbonyl (C=O) groups excluding carboxylic acids is 2. The molecular weight excluding hydrogens is 502 g/mol. The predicted octanol–water partition coefficient (Wildman–Crippen LogP) is 1.31. The van der Waals surface area contributed by atoms with Gasteiger partial charge in [0.05, 0.1) is 37.4 Å². The van der Waals surface area contributed by atoms with Crippen molar-refractivity contribution in [1.29, 1.82) is 0 Å². The molecule has 4 heterocycles. The van der Waals surface area contributed by atoms with E-state index in [0.29, 0.717) is 51.1 Å². The molecule has 39 heavy (non-hydrogen) atoms. The molecule has 2 N–H and O–H groups in total. The second-order valence-corrected chi connectivity index (χ2v) is 11.1. The molecule has 1 spiro atoms. The summed E-state index contributed by atoms with van der Waals surface area (Å²) >= 11 is 0. The summed E-state index contributed by atoms with van der Waals surface area (Å²) in [7, 11) is 0. The number of benzene rings is 1. The fourth-order valence-electron chi connectivity index (χ4n) is 7.38. The van der Waals surface area contributed by atoms with Crippen molar-refractivity contribution in [1.82, 2.24) is 14.7 Å². The lowest BCUT2D eigenvalue weighted by molar-refractivity contribution is -0.160. The number of hydrogen-bond donors (Lipinski definition) is 2. The zero-order valence-corrected chi connectivity index (χ0v) is 22.5. The van der Waals surface area contributed by atoms with E-state index in [1.165, 1.54) is 4.90 Å². The van der Waals surface area contributed by atoms with Crippen LogP contribution in [0.25, 0.3) is 0 Å². The molecule has 212 valence electrons. The molecule has 2 unspecified atom stereocenters. The lowest BCUT2D eigenvalue weighted by Gasteiger charge is -2.40. The zero-order chi connectivity index (χ0) is 27.8. The van der Waals surface area contributed by atoms with E-state index in [1.54, 1.807) is 11.0 Å². The third-order valence-electron chi connectivity index (χ3n) is 9.26. The van der Waals surface area contributed by atoms with Crippen molar-refractivity contribution in [2.24, 2.45) is 11.8 Å². The van der Waals surface area contributed by atoms with Crippen molar-refractivity contribution in [2.45, 2.75) is 49.5 Å². The van der Waals surface area contributed by atoms with Crippen LogP contribution in [0.15, 0.2) is 43.0 Å². The van der Waals surface area contributed by atoms with Gasteiger partial charge in [0.2, 0.25) is 11.8 Å². The summed E-state index contributed by atoms with van der Waals surface area (Å²) in [6.45, 7) is 9.49. The van der Waals surface area contributed by atoms with Crippen LogP contribution in [-0.4, -0.2) is 112 Å². The number of rotatable bonds is 11. The summed E-state index contributed by atoms with van der Waals surface area (Å²) in [5, 5.41) is 20.9. The number of likely N-dealkylation sites (tertiary alicyclic amines) is 1. The molecule has 0 radical (unpaired) electrons. The average Bonchev–Trinajstić information content (AvgIpc) is 3.56. The maximum Gasteiger partial charge on any atom is 0.310 e. The van der Waals surface area contributed by atoms with Gasteiger partial charge in [-0.3, -0.25) is 19.3 Å². The lowest BCUT2D eigenvalue weighted by Crippen LogP contribution is -2.58. The highest BCUT2D eigenvalue weighted by Gasteiger charge is 2.79. The van der Waals surface area contributed by atoms with Crippen molar-refractivity contribution in [2.75, 3.05) is 52.5 Å². The van der Waals surface area contributed by atoms with Crippen molar-refractivity contribution in [3.63, 3.8) is 0 Å². The number of aliphatic carboxylic acids is 1. The van der Waals surface area contributed by atoms with Crippen LogP contribution < -0.4 is 0 Å². The van der Waals surface area contributed by atoms with Crippen LogP contribution in [0.4, 0.5) is 0 Å². The maximum atomic E-state index is 14.5. The van der Waals surface area contributed by atoms with Gasteiger partial charge in [0.25, 0.3) is 0 Å². The van der Waals surface area contributed by atoms with Gasteiger partial charge in [0.15, 0.2) is 0 Å². The van der Waals surface area contributed by atoms with Crippen LogP contribution in [-0.2, 0) is 23.9 Å². The fourth-order valence-corrected chi connectivity index (χ4v) is 7.38. The third kappa shape index (κ3) is 4.47. The van der Waals surface area contributed by atoms with Crippen LogP contribution in [0.2, 0.25) is 0 Å². The van der Waals surface area contributed by atoms with Crippen LogP contribution in [0, 0.1) is 11.8 Å². The molecule has 2 bridgehead atoms. The number of carboxylic acids is 1. The molecule has 2 amide bonds. The van der Waals surface area contributed by atoms with Gasteiger partial charge in [-0.05, 0) is 24.8 Å². The normalized spacial score (nSPS) is 32.7. The minimum absolute atomic E-state index is 0.277. The second kappa shape index (κ2) is 11.0. The van der Waals surface area contributed by atoms with E-state index < -0.39 is 53.6 Å². The molecule has 1 aromatic rings. The SMILES string of the molecule is C=CCN(CCN1CCOCC1)C(=O)C1N([C@H](CO)c2ccccc2)C(=O)[C@@H]2[C@H](C(=O)O)[C@]3(CC)CCC12O3. The topological polar surface area (TPSA) is 120 Å². The Labute approximate surface area is 229 Å². The molecule has 10 nitrogen and oxygen atoms in total. The van der Waals surface area contributed by atoms with Crippen molar-refractivity contribution >= 4 is 17.8 Å². The van der Waals surface area contributed by atoms with Gasteiger partial charge < -0.3 is 29.5 Å². The van der Waals surface area contributed by atoms with E-state index in [2.05, 4.69) is 11.5 Å². The number of aliphatic hydroxyl groups is 1. The number of morpholine rings is 1. The Kier molecular flexibility index (Phi) is 7.83. The molecule has 5 rings (SSSR count). The van der Waals surface area contributed by atoms with Crippen molar-refractivity contribution in [3.8, 4) is 0 Å². The molecule has 4 aliphatic rings. The van der Waals surface area contributed by atoms with Crippen molar-refractivity contribution in [3.05, 3.63) is 48.6 Å². The first-order valence-electron chi connectivity index (χ1n) is 13.9. The molecule has 6 atom stereocenters. The highest BCUT2D eigenvalue weighted by atomic mass is 16.5. The predicted molar refractivity (Wildman–Crippen MR) is 142 cm³/mol. The van der Waals surface area contributed by atoms with Gasteiger partial charge in [-0.2, -0.15) is 0 Å². The van der Waals surface area contributed by atoms with E-state index in [9.17, 15) is 24.6 Å². The second-order valence-electron chi connectivity index (χ2n) is 11.1. The number of carboxylic acid groups (broad SMARTS) is 1. The van der Waals surface area contributed by atoms with E-state index >= 15 is 0 Å². The van der Waals surface area contributed by atoms with Gasteiger partial charge in [-0.1, -0.05) is 43.3 Å². The summed E-state index contributed by atoms with van der Waals surface area (Å²) in [6, 6.07) is 7.21.